The quantitative estimate of drug-likeness (QED) is 0.134. The zero-order valence-corrected chi connectivity index (χ0v) is 26.0. The molecule has 0 atom stereocenters. The second-order valence-electron chi connectivity index (χ2n) is 10.7. The van der Waals surface area contributed by atoms with Crippen molar-refractivity contribution in [1.29, 1.82) is 5.26 Å². The van der Waals surface area contributed by atoms with Crippen LogP contribution in [0.1, 0.15) is 44.3 Å². The molecular formula is C37H29F2IrN3-2. The summed E-state index contributed by atoms with van der Waals surface area (Å²) in [4.78, 5) is 8.37. The predicted octanol–water partition coefficient (Wildman–Crippen LogP) is 9.45. The molecule has 0 saturated heterocycles. The van der Waals surface area contributed by atoms with Crippen molar-refractivity contribution in [3.05, 3.63) is 132 Å². The topological polar surface area (TPSA) is 49.6 Å². The minimum Gasteiger partial charge on any atom is -0.305 e. The van der Waals surface area contributed by atoms with Crippen LogP contribution in [0.2, 0.25) is 0 Å². The molecule has 2 aromatic heterocycles. The minimum absolute atomic E-state index is 0. The summed E-state index contributed by atoms with van der Waals surface area (Å²) in [7, 11) is 0. The fourth-order valence-electron chi connectivity index (χ4n) is 4.57. The molecule has 0 aliphatic carbocycles. The molecule has 0 saturated carbocycles. The van der Waals surface area contributed by atoms with Gasteiger partial charge in [-0.2, -0.15) is 5.26 Å². The third-order valence-electron chi connectivity index (χ3n) is 6.39. The average molecular weight is 751 g/mol. The molecule has 217 valence electrons. The zero-order chi connectivity index (χ0) is 34.1. The number of halogens is 2. The number of hydrogen-bond acceptors (Lipinski definition) is 3. The van der Waals surface area contributed by atoms with E-state index >= 15 is 0 Å². The Bertz CT molecular complexity index is 2140. The van der Waals surface area contributed by atoms with Gasteiger partial charge in [0.2, 0.25) is 0 Å². The van der Waals surface area contributed by atoms with E-state index in [1.165, 1.54) is 6.20 Å². The minimum atomic E-state index is -2.49. The fourth-order valence-corrected chi connectivity index (χ4v) is 4.57. The molecule has 0 amide bonds. The van der Waals surface area contributed by atoms with Crippen molar-refractivity contribution < 1.29 is 35.7 Å². The van der Waals surface area contributed by atoms with Gasteiger partial charge in [0.05, 0.1) is 11.6 Å². The van der Waals surface area contributed by atoms with Crippen LogP contribution in [0, 0.1) is 47.4 Å². The van der Waals surface area contributed by atoms with Crippen LogP contribution >= 0.6 is 0 Å². The van der Waals surface area contributed by atoms with Gasteiger partial charge in [0.25, 0.3) is 0 Å². The van der Waals surface area contributed by atoms with Crippen molar-refractivity contribution in [2.24, 2.45) is 5.41 Å². The maximum atomic E-state index is 13.2. The van der Waals surface area contributed by atoms with E-state index in [0.717, 1.165) is 33.7 Å². The molecule has 0 N–H and O–H groups in total. The summed E-state index contributed by atoms with van der Waals surface area (Å²) < 4.78 is 67.1. The van der Waals surface area contributed by atoms with Gasteiger partial charge in [-0.3, -0.25) is 8.78 Å². The van der Waals surface area contributed by atoms with E-state index in [9.17, 15) is 14.0 Å². The average Bonchev–Trinajstić information content (AvgIpc) is 3.03. The van der Waals surface area contributed by atoms with E-state index in [2.05, 4.69) is 28.2 Å². The maximum Gasteiger partial charge on any atom is 0.0991 e. The van der Waals surface area contributed by atoms with Gasteiger partial charge in [-0.1, -0.05) is 85.1 Å². The van der Waals surface area contributed by atoms with Gasteiger partial charge < -0.3 is 9.97 Å². The molecule has 2 heterocycles. The van der Waals surface area contributed by atoms with E-state index < -0.39 is 30.3 Å². The number of pyridine rings is 2. The van der Waals surface area contributed by atoms with Crippen molar-refractivity contribution in [3.8, 4) is 28.6 Å². The van der Waals surface area contributed by atoms with Crippen LogP contribution in [0.4, 0.5) is 8.78 Å². The standard InChI is InChI=1S/C26H23N2.C11H6F2N.Ir/c1-17-16-28-25(13-20(17)14-26(2,3)4)24-7-5-6-22-21-10-8-18(15-27)12-19(21)9-11-23(22)24;12-8-4-5-9(10(13)7-8)11-3-1-2-6-14-11;/h5-6,8-13,16H,14H2,1-4H3;1-4,6-7H;/q2*-1;/i1D3,14D2;;. The van der Waals surface area contributed by atoms with Crippen LogP contribution < -0.4 is 0 Å². The fraction of sp³-hybridized carbons (Fsp3) is 0.162. The van der Waals surface area contributed by atoms with E-state index in [1.54, 1.807) is 63.4 Å². The molecule has 4 aromatic carbocycles. The van der Waals surface area contributed by atoms with Crippen molar-refractivity contribution in [1.82, 2.24) is 9.97 Å². The second-order valence-corrected chi connectivity index (χ2v) is 10.7. The Hall–Kier alpha value is -4.30. The molecule has 43 heavy (non-hydrogen) atoms. The number of aryl methyl sites for hydroxylation is 1. The Morgan fingerprint density at radius 1 is 0.907 bits per heavy atom. The van der Waals surface area contributed by atoms with Crippen molar-refractivity contribution in [2.75, 3.05) is 0 Å². The zero-order valence-electron chi connectivity index (χ0n) is 28.6. The SMILES string of the molecule is Fc1c[c-]c(-c2ccccn2)c(F)c1.[2H]C([2H])([2H])c1cnc(-c2[c-]ccc3c2ccc2cc(C#N)ccc23)cc1C([2H])([2H])C(C)(C)C.[Ir]. The molecule has 0 bridgehead atoms. The third kappa shape index (κ3) is 7.38. The summed E-state index contributed by atoms with van der Waals surface area (Å²) in [5.41, 5.74) is 1.55. The van der Waals surface area contributed by atoms with E-state index in [1.807, 2.05) is 30.3 Å². The van der Waals surface area contributed by atoms with Crippen LogP contribution in [0.25, 0.3) is 44.1 Å². The van der Waals surface area contributed by atoms with Gasteiger partial charge in [0, 0.05) is 51.0 Å². The number of hydrogen-bond donors (Lipinski definition) is 0. The number of aromatic nitrogens is 2. The summed E-state index contributed by atoms with van der Waals surface area (Å²) in [5, 5.41) is 12.9. The molecule has 6 heteroatoms. The summed E-state index contributed by atoms with van der Waals surface area (Å²) in [6, 6.07) is 29.6. The molecule has 0 spiro atoms. The Morgan fingerprint density at radius 3 is 2.42 bits per heavy atom. The normalized spacial score (nSPS) is 13.3. The van der Waals surface area contributed by atoms with E-state index in [4.69, 9.17) is 6.85 Å². The van der Waals surface area contributed by atoms with Gasteiger partial charge in [-0.25, -0.2) is 0 Å². The molecular weight excluding hydrogens is 717 g/mol. The number of nitrogens with zero attached hydrogens (tertiary/aromatic N) is 3. The first-order valence-corrected chi connectivity index (χ1v) is 13.2. The van der Waals surface area contributed by atoms with Crippen LogP contribution in [-0.2, 0) is 26.5 Å². The smallest absolute Gasteiger partial charge is 0.0991 e. The summed E-state index contributed by atoms with van der Waals surface area (Å²) in [6.45, 7) is 2.77. The summed E-state index contributed by atoms with van der Waals surface area (Å²) in [5.74, 6) is -1.29. The Labute approximate surface area is 271 Å². The molecule has 0 aliphatic heterocycles. The molecule has 6 aromatic rings. The second kappa shape index (κ2) is 13.3. The summed E-state index contributed by atoms with van der Waals surface area (Å²) >= 11 is 0. The number of nitriles is 1. The van der Waals surface area contributed by atoms with Gasteiger partial charge in [0.1, 0.15) is 0 Å². The van der Waals surface area contributed by atoms with Crippen LogP contribution in [0.3, 0.4) is 0 Å². The van der Waals surface area contributed by atoms with Gasteiger partial charge >= 0.3 is 0 Å². The summed E-state index contributed by atoms with van der Waals surface area (Å²) in [6.07, 6.45) is 0.916. The molecule has 0 aliphatic rings. The van der Waals surface area contributed by atoms with Gasteiger partial charge in [0.15, 0.2) is 0 Å². The molecule has 0 fully saturated rings. The first-order chi connectivity index (χ1) is 22.1. The number of benzene rings is 4. The van der Waals surface area contributed by atoms with Gasteiger partial charge in [-0.05, 0) is 64.6 Å². The Kier molecular flexibility index (Phi) is 7.82. The van der Waals surface area contributed by atoms with Gasteiger partial charge in [-0.15, -0.1) is 35.9 Å². The Balaban J connectivity index is 0.000000290. The van der Waals surface area contributed by atoms with Crippen LogP contribution in [0.15, 0.2) is 91.3 Å². The first-order valence-electron chi connectivity index (χ1n) is 15.7. The molecule has 0 unspecified atom stereocenters. The maximum absolute atomic E-state index is 13.2. The van der Waals surface area contributed by atoms with Crippen LogP contribution in [-0.4, -0.2) is 9.97 Å². The van der Waals surface area contributed by atoms with E-state index in [0.29, 0.717) is 22.5 Å². The van der Waals surface area contributed by atoms with Crippen LogP contribution in [0.5, 0.6) is 0 Å². The predicted molar refractivity (Wildman–Crippen MR) is 165 cm³/mol. The molecule has 6 rings (SSSR count). The largest absolute Gasteiger partial charge is 0.305 e. The third-order valence-corrected chi connectivity index (χ3v) is 6.39. The first kappa shape index (κ1) is 25.2. The van der Waals surface area contributed by atoms with Crippen molar-refractivity contribution in [3.63, 3.8) is 0 Å². The molecule has 3 nitrogen and oxygen atoms in total. The molecule has 1 radical (unpaired) electrons. The number of fused-ring (bicyclic) bond motifs is 3. The van der Waals surface area contributed by atoms with E-state index in [-0.39, 0.29) is 36.8 Å². The Morgan fingerprint density at radius 2 is 1.72 bits per heavy atom. The number of rotatable bonds is 3. The monoisotopic (exact) mass is 751 g/mol. The van der Waals surface area contributed by atoms with Crippen molar-refractivity contribution in [2.45, 2.75) is 34.0 Å². The van der Waals surface area contributed by atoms with Crippen molar-refractivity contribution >= 4 is 21.5 Å².